The molecule has 8 nitrogen and oxygen atoms in total. The number of benzene rings is 2. The Morgan fingerprint density at radius 1 is 1.05 bits per heavy atom. The van der Waals surface area contributed by atoms with Gasteiger partial charge in [0, 0.05) is 38.3 Å². The summed E-state index contributed by atoms with van der Waals surface area (Å²) in [4.78, 5) is 41.4. The van der Waals surface area contributed by atoms with Crippen LogP contribution in [0.2, 0.25) is 0 Å². The predicted molar refractivity (Wildman–Crippen MR) is 152 cm³/mol. The van der Waals surface area contributed by atoms with Gasteiger partial charge in [0.15, 0.2) is 0 Å². The summed E-state index contributed by atoms with van der Waals surface area (Å²) in [6.07, 6.45) is 1.98. The third kappa shape index (κ3) is 8.23. The number of nitrogens with zero attached hydrogens (tertiary/aromatic N) is 2. The third-order valence-corrected chi connectivity index (χ3v) is 7.05. The van der Waals surface area contributed by atoms with Gasteiger partial charge in [-0.05, 0) is 80.5 Å². The molecule has 0 spiro atoms. The fraction of sp³-hybridized carbons (Fsp3) is 0.483. The van der Waals surface area contributed by atoms with Gasteiger partial charge >= 0.3 is 12.1 Å². The van der Waals surface area contributed by atoms with Crippen molar-refractivity contribution in [1.29, 1.82) is 0 Å². The van der Waals surface area contributed by atoms with Crippen molar-refractivity contribution < 1.29 is 24.2 Å². The molecule has 0 bridgehead atoms. The van der Waals surface area contributed by atoms with E-state index in [1.54, 1.807) is 22.7 Å². The molecule has 1 unspecified atom stereocenters. The van der Waals surface area contributed by atoms with Gasteiger partial charge in [0.25, 0.3) is 5.91 Å². The van der Waals surface area contributed by atoms with Crippen LogP contribution >= 0.6 is 11.8 Å². The van der Waals surface area contributed by atoms with Crippen molar-refractivity contribution in [2.24, 2.45) is 0 Å². The average Bonchev–Trinajstić information content (AvgIpc) is 2.86. The molecule has 2 N–H and O–H groups in total. The first-order chi connectivity index (χ1) is 18.0. The molecule has 9 heteroatoms. The third-order valence-electron chi connectivity index (χ3n) is 6.41. The topological polar surface area (TPSA) is 99.2 Å². The molecule has 1 aliphatic heterocycles. The summed E-state index contributed by atoms with van der Waals surface area (Å²) in [6, 6.07) is 12.7. The molecule has 1 aliphatic rings. The van der Waals surface area contributed by atoms with Crippen LogP contribution in [0, 0.1) is 6.92 Å². The van der Waals surface area contributed by atoms with E-state index in [0.717, 1.165) is 35.3 Å². The van der Waals surface area contributed by atoms with Crippen molar-refractivity contribution in [2.45, 2.75) is 52.3 Å². The van der Waals surface area contributed by atoms with Gasteiger partial charge in [-0.2, -0.15) is 11.8 Å². The lowest BCUT2D eigenvalue weighted by molar-refractivity contribution is -0.139. The fourth-order valence-electron chi connectivity index (χ4n) is 4.39. The van der Waals surface area contributed by atoms with Gasteiger partial charge in [-0.3, -0.25) is 9.69 Å². The van der Waals surface area contributed by atoms with Crippen molar-refractivity contribution in [3.8, 4) is 11.1 Å². The van der Waals surface area contributed by atoms with E-state index in [0.29, 0.717) is 37.4 Å². The molecule has 1 saturated heterocycles. The Morgan fingerprint density at radius 3 is 2.34 bits per heavy atom. The number of piperazine rings is 1. The molecular formula is C29H39N3O5S. The summed E-state index contributed by atoms with van der Waals surface area (Å²) in [5, 5.41) is 12.3. The zero-order valence-electron chi connectivity index (χ0n) is 23.0. The molecule has 2 aromatic carbocycles. The largest absolute Gasteiger partial charge is 0.480 e. The van der Waals surface area contributed by atoms with Crippen molar-refractivity contribution in [2.75, 3.05) is 38.2 Å². The molecule has 0 saturated carbocycles. The Hall–Kier alpha value is -3.04. The first-order valence-electron chi connectivity index (χ1n) is 12.9. The molecule has 1 atom stereocenters. The lowest BCUT2D eigenvalue weighted by atomic mass is 9.93. The second kappa shape index (κ2) is 13.2. The summed E-state index contributed by atoms with van der Waals surface area (Å²) in [5.41, 5.74) is 3.72. The molecule has 1 fully saturated rings. The molecule has 3 rings (SSSR count). The smallest absolute Gasteiger partial charge is 0.410 e. The van der Waals surface area contributed by atoms with E-state index in [-0.39, 0.29) is 6.09 Å². The number of hydrogen-bond donors (Lipinski definition) is 2. The van der Waals surface area contributed by atoms with Crippen LogP contribution in [0.15, 0.2) is 42.5 Å². The van der Waals surface area contributed by atoms with Crippen LogP contribution in [0.3, 0.4) is 0 Å². The first-order valence-corrected chi connectivity index (χ1v) is 14.3. The maximum atomic E-state index is 13.3. The number of aryl methyl sites for hydroxylation is 1. The van der Waals surface area contributed by atoms with Crippen LogP contribution < -0.4 is 5.32 Å². The van der Waals surface area contributed by atoms with E-state index in [1.807, 2.05) is 70.3 Å². The summed E-state index contributed by atoms with van der Waals surface area (Å²) < 4.78 is 5.50. The second-order valence-corrected chi connectivity index (χ2v) is 11.6. The number of amides is 2. The quantitative estimate of drug-likeness (QED) is 0.477. The normalized spacial score (nSPS) is 15.1. The maximum Gasteiger partial charge on any atom is 0.410 e. The predicted octanol–water partition coefficient (Wildman–Crippen LogP) is 4.65. The monoisotopic (exact) mass is 541 g/mol. The number of ether oxygens (including phenoxy) is 1. The number of thioether (sulfide) groups is 1. The van der Waals surface area contributed by atoms with Gasteiger partial charge in [0.05, 0.1) is 0 Å². The Kier molecular flexibility index (Phi) is 10.2. The fourth-order valence-corrected chi connectivity index (χ4v) is 4.86. The van der Waals surface area contributed by atoms with E-state index in [9.17, 15) is 19.5 Å². The summed E-state index contributed by atoms with van der Waals surface area (Å²) in [6.45, 7) is 10.9. The zero-order chi connectivity index (χ0) is 27.9. The highest BCUT2D eigenvalue weighted by molar-refractivity contribution is 7.98. The van der Waals surface area contributed by atoms with E-state index in [1.165, 1.54) is 0 Å². The Morgan fingerprint density at radius 2 is 1.74 bits per heavy atom. The van der Waals surface area contributed by atoms with Gasteiger partial charge in [-0.15, -0.1) is 0 Å². The number of carboxylic acids is 1. The average molecular weight is 542 g/mol. The maximum absolute atomic E-state index is 13.3. The number of carboxylic acid groups (broad SMARTS) is 1. The lowest BCUT2D eigenvalue weighted by Crippen LogP contribution is -2.49. The minimum Gasteiger partial charge on any atom is -0.480 e. The van der Waals surface area contributed by atoms with Crippen LogP contribution in [0.5, 0.6) is 0 Å². The minimum absolute atomic E-state index is 0.286. The van der Waals surface area contributed by atoms with Crippen molar-refractivity contribution in [3.05, 3.63) is 59.2 Å². The number of rotatable bonds is 9. The van der Waals surface area contributed by atoms with Crippen LogP contribution in [0.1, 0.15) is 48.7 Å². The van der Waals surface area contributed by atoms with Crippen LogP contribution in [0.4, 0.5) is 4.79 Å². The van der Waals surface area contributed by atoms with Crippen LogP contribution in [-0.2, 0) is 16.1 Å². The van der Waals surface area contributed by atoms with Crippen molar-refractivity contribution in [3.63, 3.8) is 0 Å². The van der Waals surface area contributed by atoms with Gasteiger partial charge in [0.1, 0.15) is 11.6 Å². The highest BCUT2D eigenvalue weighted by atomic mass is 32.2. The Bertz CT molecular complexity index is 1140. The Balaban J connectivity index is 1.79. The molecule has 2 amide bonds. The van der Waals surface area contributed by atoms with Crippen LogP contribution in [-0.4, -0.2) is 82.7 Å². The standard InChI is InChI=1S/C29H39N3O5S/c1-20-8-6-7-9-22(20)24-18-21(10-11-23(24)26(33)30-25(27(34)35)12-17-38-5)19-31-13-15-32(16-14-31)28(36)37-29(2,3)4/h6-11,18,25H,12-17,19H2,1-5H3,(H,30,33)(H,34,35). The van der Waals surface area contributed by atoms with Gasteiger partial charge in [0.2, 0.25) is 0 Å². The molecule has 1 heterocycles. The van der Waals surface area contributed by atoms with Gasteiger partial charge in [-0.25, -0.2) is 9.59 Å². The highest BCUT2D eigenvalue weighted by Gasteiger charge is 2.27. The van der Waals surface area contributed by atoms with E-state index in [4.69, 9.17) is 4.74 Å². The number of aliphatic carboxylic acids is 1. The van der Waals surface area contributed by atoms with Gasteiger partial charge < -0.3 is 20.1 Å². The SMILES string of the molecule is CSCCC(NC(=O)c1ccc(CN2CCN(C(=O)OC(C)(C)C)CC2)cc1-c1ccccc1C)C(=O)O. The summed E-state index contributed by atoms with van der Waals surface area (Å²) in [5.74, 6) is -0.788. The highest BCUT2D eigenvalue weighted by Crippen LogP contribution is 2.29. The first kappa shape index (κ1) is 29.5. The number of nitrogens with one attached hydrogen (secondary N) is 1. The second-order valence-electron chi connectivity index (χ2n) is 10.6. The van der Waals surface area contributed by atoms with E-state index in [2.05, 4.69) is 10.2 Å². The summed E-state index contributed by atoms with van der Waals surface area (Å²) in [7, 11) is 0. The molecule has 2 aromatic rings. The van der Waals surface area contributed by atoms with Gasteiger partial charge in [-0.1, -0.05) is 30.3 Å². The van der Waals surface area contributed by atoms with Crippen LogP contribution in [0.25, 0.3) is 11.1 Å². The molecule has 38 heavy (non-hydrogen) atoms. The minimum atomic E-state index is -1.04. The zero-order valence-corrected chi connectivity index (χ0v) is 23.8. The molecular weight excluding hydrogens is 502 g/mol. The Labute approximate surface area is 229 Å². The van der Waals surface area contributed by atoms with E-state index < -0.39 is 23.5 Å². The number of carbonyl (C=O) groups is 3. The molecule has 0 aliphatic carbocycles. The molecule has 206 valence electrons. The van der Waals surface area contributed by atoms with E-state index >= 15 is 0 Å². The van der Waals surface area contributed by atoms with Crippen molar-refractivity contribution >= 4 is 29.7 Å². The number of carbonyl (C=O) groups excluding carboxylic acids is 2. The number of hydrogen-bond acceptors (Lipinski definition) is 6. The summed E-state index contributed by atoms with van der Waals surface area (Å²) >= 11 is 1.55. The lowest BCUT2D eigenvalue weighted by Gasteiger charge is -2.35. The molecule has 0 aromatic heterocycles. The molecule has 0 radical (unpaired) electrons. The van der Waals surface area contributed by atoms with Crippen molar-refractivity contribution in [1.82, 2.24) is 15.1 Å².